The number of carbonyl (C=O) groups excluding carboxylic acids is 1. The van der Waals surface area contributed by atoms with Gasteiger partial charge in [0, 0.05) is 30.6 Å². The molecule has 1 amide bonds. The summed E-state index contributed by atoms with van der Waals surface area (Å²) >= 11 is 0. The third-order valence-corrected chi connectivity index (χ3v) is 5.46. The average Bonchev–Trinajstić information content (AvgIpc) is 2.73. The molecule has 6 heteroatoms. The summed E-state index contributed by atoms with van der Waals surface area (Å²) in [4.78, 5) is 30.3. The molecule has 1 N–H and O–H groups in total. The maximum Gasteiger partial charge on any atom is 0.261 e. The fourth-order valence-corrected chi connectivity index (χ4v) is 3.86. The van der Waals surface area contributed by atoms with Gasteiger partial charge in [-0.3, -0.25) is 14.2 Å². The van der Waals surface area contributed by atoms with Crippen LogP contribution in [0.25, 0.3) is 10.9 Å². The molecule has 2 heterocycles. The quantitative estimate of drug-likeness (QED) is 0.739. The van der Waals surface area contributed by atoms with Crippen molar-refractivity contribution in [3.8, 4) is 5.75 Å². The monoisotopic (exact) mass is 391 g/mol. The minimum Gasteiger partial charge on any atom is -0.496 e. The van der Waals surface area contributed by atoms with Gasteiger partial charge in [-0.1, -0.05) is 31.0 Å². The molecular formula is C23H25N3O3. The van der Waals surface area contributed by atoms with Crippen LogP contribution < -0.4 is 15.6 Å². The number of nitrogens with zero attached hydrogens (tertiary/aromatic N) is 2. The van der Waals surface area contributed by atoms with Crippen molar-refractivity contribution >= 4 is 16.8 Å². The fourth-order valence-electron chi connectivity index (χ4n) is 3.86. The molecule has 0 radical (unpaired) electrons. The van der Waals surface area contributed by atoms with Crippen LogP contribution in [-0.2, 0) is 19.5 Å². The van der Waals surface area contributed by atoms with Crippen molar-refractivity contribution in [2.45, 2.75) is 45.2 Å². The average molecular weight is 391 g/mol. The van der Waals surface area contributed by atoms with E-state index >= 15 is 0 Å². The van der Waals surface area contributed by atoms with Gasteiger partial charge in [0.05, 0.1) is 18.0 Å². The van der Waals surface area contributed by atoms with Crippen molar-refractivity contribution in [1.82, 2.24) is 14.9 Å². The van der Waals surface area contributed by atoms with Crippen LogP contribution in [0.4, 0.5) is 0 Å². The molecule has 150 valence electrons. The van der Waals surface area contributed by atoms with Gasteiger partial charge in [0.15, 0.2) is 0 Å². The molecule has 29 heavy (non-hydrogen) atoms. The van der Waals surface area contributed by atoms with Gasteiger partial charge in [0.2, 0.25) is 0 Å². The first-order valence-corrected chi connectivity index (χ1v) is 10.1. The molecule has 0 saturated carbocycles. The van der Waals surface area contributed by atoms with E-state index in [-0.39, 0.29) is 11.5 Å². The molecule has 0 fully saturated rings. The third kappa shape index (κ3) is 4.01. The number of aryl methyl sites for hydroxylation is 1. The van der Waals surface area contributed by atoms with Gasteiger partial charge in [-0.25, -0.2) is 4.98 Å². The Hall–Kier alpha value is -3.15. The van der Waals surface area contributed by atoms with E-state index in [0.717, 1.165) is 49.4 Å². The summed E-state index contributed by atoms with van der Waals surface area (Å²) < 4.78 is 7.14. The molecule has 0 spiro atoms. The summed E-state index contributed by atoms with van der Waals surface area (Å²) in [7, 11) is 1.61. The van der Waals surface area contributed by atoms with E-state index in [2.05, 4.69) is 5.32 Å². The number of hydrogen-bond acceptors (Lipinski definition) is 4. The Bertz CT molecular complexity index is 1100. The number of methoxy groups -OCH3 is 1. The van der Waals surface area contributed by atoms with Crippen LogP contribution in [0.5, 0.6) is 5.75 Å². The molecule has 3 aromatic rings. The molecule has 0 bridgehead atoms. The number of fused-ring (bicyclic) bond motifs is 2. The highest BCUT2D eigenvalue weighted by molar-refractivity contribution is 5.97. The molecule has 0 aliphatic carbocycles. The van der Waals surface area contributed by atoms with E-state index in [1.165, 1.54) is 6.42 Å². The second-order valence-corrected chi connectivity index (χ2v) is 7.38. The molecular weight excluding hydrogens is 366 g/mol. The van der Waals surface area contributed by atoms with Crippen molar-refractivity contribution in [2.75, 3.05) is 7.11 Å². The van der Waals surface area contributed by atoms with E-state index in [1.807, 2.05) is 28.8 Å². The Labute approximate surface area is 169 Å². The minimum atomic E-state index is -0.202. The Balaban J connectivity index is 1.60. The van der Waals surface area contributed by atoms with E-state index in [0.29, 0.717) is 23.0 Å². The predicted octanol–water partition coefficient (Wildman–Crippen LogP) is 3.45. The summed E-state index contributed by atoms with van der Waals surface area (Å²) in [5, 5.41) is 3.49. The second kappa shape index (κ2) is 8.47. The van der Waals surface area contributed by atoms with Crippen LogP contribution in [-0.4, -0.2) is 22.6 Å². The number of nitrogens with one attached hydrogen (secondary N) is 1. The van der Waals surface area contributed by atoms with E-state index in [1.54, 1.807) is 25.3 Å². The van der Waals surface area contributed by atoms with E-state index < -0.39 is 0 Å². The molecule has 2 aromatic carbocycles. The zero-order valence-corrected chi connectivity index (χ0v) is 16.6. The summed E-state index contributed by atoms with van der Waals surface area (Å²) in [5.74, 6) is 1.36. The van der Waals surface area contributed by atoms with Crippen molar-refractivity contribution in [1.29, 1.82) is 0 Å². The topological polar surface area (TPSA) is 73.2 Å². The molecule has 1 aliphatic heterocycles. The van der Waals surface area contributed by atoms with Gasteiger partial charge in [-0.05, 0) is 37.1 Å². The maximum atomic E-state index is 12.9. The number of hydrogen-bond donors (Lipinski definition) is 1. The Kier molecular flexibility index (Phi) is 5.60. The molecule has 0 unspecified atom stereocenters. The molecule has 0 atom stereocenters. The Morgan fingerprint density at radius 1 is 1.14 bits per heavy atom. The second-order valence-electron chi connectivity index (χ2n) is 7.38. The molecule has 1 aliphatic rings. The number of benzene rings is 2. The lowest BCUT2D eigenvalue weighted by Crippen LogP contribution is -2.27. The lowest BCUT2D eigenvalue weighted by molar-refractivity contribution is 0.0951. The molecule has 6 nitrogen and oxygen atoms in total. The van der Waals surface area contributed by atoms with Crippen LogP contribution in [0.2, 0.25) is 0 Å². The standard InChI is InChI=1S/C23H25N3O3/c1-29-20-9-6-5-8-17(20)15-24-22(27)16-11-12-18-19(14-16)25-21-10-4-2-3-7-13-26(21)23(18)28/h5-6,8-9,11-12,14H,2-4,7,10,13,15H2,1H3,(H,24,27). The van der Waals surface area contributed by atoms with Gasteiger partial charge < -0.3 is 10.1 Å². The first-order chi connectivity index (χ1) is 14.2. The van der Waals surface area contributed by atoms with Crippen molar-refractivity contribution in [3.63, 3.8) is 0 Å². The van der Waals surface area contributed by atoms with Crippen molar-refractivity contribution < 1.29 is 9.53 Å². The van der Waals surface area contributed by atoms with Crippen molar-refractivity contribution in [3.05, 3.63) is 69.8 Å². The van der Waals surface area contributed by atoms with Crippen LogP contribution in [0, 0.1) is 0 Å². The van der Waals surface area contributed by atoms with E-state index in [9.17, 15) is 9.59 Å². The summed E-state index contributed by atoms with van der Waals surface area (Å²) in [6.45, 7) is 1.08. The third-order valence-electron chi connectivity index (χ3n) is 5.46. The number of rotatable bonds is 4. The number of aromatic nitrogens is 2. The van der Waals surface area contributed by atoms with Gasteiger partial charge in [-0.2, -0.15) is 0 Å². The van der Waals surface area contributed by atoms with Gasteiger partial charge in [0.1, 0.15) is 11.6 Å². The fraction of sp³-hybridized carbons (Fsp3) is 0.348. The highest BCUT2D eigenvalue weighted by Gasteiger charge is 2.15. The predicted molar refractivity (Wildman–Crippen MR) is 112 cm³/mol. The molecule has 0 saturated heterocycles. The Morgan fingerprint density at radius 2 is 1.97 bits per heavy atom. The number of para-hydroxylation sites is 1. The SMILES string of the molecule is COc1ccccc1CNC(=O)c1ccc2c(=O)n3c(nc2c1)CCCCCC3. The summed E-state index contributed by atoms with van der Waals surface area (Å²) in [6, 6.07) is 12.7. The van der Waals surface area contributed by atoms with Crippen LogP contribution >= 0.6 is 0 Å². The maximum absolute atomic E-state index is 12.9. The number of amides is 1. The van der Waals surface area contributed by atoms with E-state index in [4.69, 9.17) is 9.72 Å². The minimum absolute atomic E-state index is 0.00659. The zero-order valence-electron chi connectivity index (χ0n) is 16.6. The van der Waals surface area contributed by atoms with Crippen LogP contribution in [0.3, 0.4) is 0 Å². The van der Waals surface area contributed by atoms with Crippen molar-refractivity contribution in [2.24, 2.45) is 0 Å². The first kappa shape index (κ1) is 19.2. The molecule has 4 rings (SSSR count). The zero-order chi connectivity index (χ0) is 20.2. The number of carbonyl (C=O) groups is 1. The molecule has 1 aromatic heterocycles. The Morgan fingerprint density at radius 3 is 2.83 bits per heavy atom. The number of ether oxygens (including phenoxy) is 1. The first-order valence-electron chi connectivity index (χ1n) is 10.1. The van der Waals surface area contributed by atoms with Crippen LogP contribution in [0.1, 0.15) is 47.4 Å². The smallest absolute Gasteiger partial charge is 0.261 e. The largest absolute Gasteiger partial charge is 0.496 e. The summed E-state index contributed by atoms with van der Waals surface area (Å²) in [5.41, 5.74) is 1.98. The normalized spacial score (nSPS) is 14.0. The lowest BCUT2D eigenvalue weighted by Gasteiger charge is -2.16. The lowest BCUT2D eigenvalue weighted by atomic mass is 10.1. The highest BCUT2D eigenvalue weighted by Crippen LogP contribution is 2.18. The van der Waals surface area contributed by atoms with Crippen LogP contribution in [0.15, 0.2) is 47.3 Å². The van der Waals surface area contributed by atoms with Gasteiger partial charge in [0.25, 0.3) is 11.5 Å². The van der Waals surface area contributed by atoms with Gasteiger partial charge >= 0.3 is 0 Å². The highest BCUT2D eigenvalue weighted by atomic mass is 16.5. The van der Waals surface area contributed by atoms with Gasteiger partial charge in [-0.15, -0.1) is 0 Å². The summed E-state index contributed by atoms with van der Waals surface area (Å²) in [6.07, 6.45) is 5.16.